The van der Waals surface area contributed by atoms with E-state index in [0.717, 1.165) is 0 Å². The molecule has 0 fully saturated rings. The summed E-state index contributed by atoms with van der Waals surface area (Å²) < 4.78 is 5.60. The number of benzene rings is 2. The molecule has 2 aromatic rings. The van der Waals surface area contributed by atoms with Gasteiger partial charge in [-0.1, -0.05) is 35.3 Å². The maximum Gasteiger partial charge on any atom is 0.292 e. The smallest absolute Gasteiger partial charge is 0.292 e. The summed E-state index contributed by atoms with van der Waals surface area (Å²) in [6, 6.07) is 9.69. The third-order valence-electron chi connectivity index (χ3n) is 2.85. The van der Waals surface area contributed by atoms with Gasteiger partial charge in [-0.3, -0.25) is 10.1 Å². The SMILES string of the molecule is CNc1c(COc2ccc(Cl)cc2Cl)cccc1[N+](=O)[O-]. The van der Waals surface area contributed by atoms with E-state index in [9.17, 15) is 10.1 Å². The molecule has 0 heterocycles. The van der Waals surface area contributed by atoms with Gasteiger partial charge in [0.2, 0.25) is 0 Å². The summed E-state index contributed by atoms with van der Waals surface area (Å²) in [6.45, 7) is 0.152. The lowest BCUT2D eigenvalue weighted by Crippen LogP contribution is -2.04. The van der Waals surface area contributed by atoms with Crippen LogP contribution in [-0.2, 0) is 6.61 Å². The van der Waals surface area contributed by atoms with Crippen LogP contribution in [0.1, 0.15) is 5.56 Å². The molecule has 1 N–H and O–H groups in total. The van der Waals surface area contributed by atoms with Crippen molar-refractivity contribution >= 4 is 34.6 Å². The molecule has 5 nitrogen and oxygen atoms in total. The van der Waals surface area contributed by atoms with Crippen LogP contribution in [0, 0.1) is 10.1 Å². The van der Waals surface area contributed by atoms with Crippen LogP contribution in [0.25, 0.3) is 0 Å². The highest BCUT2D eigenvalue weighted by Gasteiger charge is 2.16. The molecule has 7 heteroatoms. The van der Waals surface area contributed by atoms with E-state index >= 15 is 0 Å². The van der Waals surface area contributed by atoms with Gasteiger partial charge in [-0.25, -0.2) is 0 Å². The van der Waals surface area contributed by atoms with Crippen molar-refractivity contribution in [2.24, 2.45) is 0 Å². The number of nitrogens with one attached hydrogen (secondary N) is 1. The van der Waals surface area contributed by atoms with Crippen LogP contribution in [0.4, 0.5) is 11.4 Å². The number of para-hydroxylation sites is 1. The minimum atomic E-state index is -0.440. The number of nitro benzene ring substituents is 1. The highest BCUT2D eigenvalue weighted by Crippen LogP contribution is 2.31. The predicted molar refractivity (Wildman–Crippen MR) is 83.4 cm³/mol. The van der Waals surface area contributed by atoms with Crippen LogP contribution in [0.5, 0.6) is 5.75 Å². The minimum absolute atomic E-state index is 0.000744. The average Bonchev–Trinajstić information content (AvgIpc) is 2.45. The number of anilines is 1. The Bertz CT molecular complexity index is 677. The second-order valence-corrected chi connectivity index (χ2v) is 5.03. The van der Waals surface area contributed by atoms with E-state index in [0.29, 0.717) is 27.0 Å². The van der Waals surface area contributed by atoms with Crippen molar-refractivity contribution in [1.29, 1.82) is 0 Å². The molecule has 0 spiro atoms. The largest absolute Gasteiger partial charge is 0.487 e. The molecule has 0 aliphatic rings. The molecular formula is C14H12Cl2N2O3. The Morgan fingerprint density at radius 1 is 1.29 bits per heavy atom. The fourth-order valence-corrected chi connectivity index (χ4v) is 2.36. The summed E-state index contributed by atoms with van der Waals surface area (Å²) in [5, 5.41) is 14.7. The third-order valence-corrected chi connectivity index (χ3v) is 3.38. The zero-order valence-electron chi connectivity index (χ0n) is 11.1. The first-order chi connectivity index (χ1) is 10.0. The van der Waals surface area contributed by atoms with Crippen LogP contribution in [0.3, 0.4) is 0 Å². The van der Waals surface area contributed by atoms with E-state index in [2.05, 4.69) is 5.32 Å². The fraction of sp³-hybridized carbons (Fsp3) is 0.143. The monoisotopic (exact) mass is 326 g/mol. The lowest BCUT2D eigenvalue weighted by atomic mass is 10.1. The highest BCUT2D eigenvalue weighted by molar-refractivity contribution is 6.35. The Hall–Kier alpha value is -1.98. The molecule has 21 heavy (non-hydrogen) atoms. The van der Waals surface area contributed by atoms with E-state index in [1.54, 1.807) is 37.4 Å². The second kappa shape index (κ2) is 6.65. The molecule has 0 aromatic heterocycles. The third kappa shape index (κ3) is 3.56. The van der Waals surface area contributed by atoms with Gasteiger partial charge < -0.3 is 10.1 Å². The molecule has 0 bridgehead atoms. The Kier molecular flexibility index (Phi) is 4.88. The Morgan fingerprint density at radius 2 is 2.05 bits per heavy atom. The summed E-state index contributed by atoms with van der Waals surface area (Å²) in [5.74, 6) is 0.467. The summed E-state index contributed by atoms with van der Waals surface area (Å²) in [7, 11) is 1.63. The number of nitrogens with zero attached hydrogens (tertiary/aromatic N) is 1. The van der Waals surface area contributed by atoms with Gasteiger partial charge in [0.15, 0.2) is 0 Å². The van der Waals surface area contributed by atoms with Gasteiger partial charge in [0.25, 0.3) is 5.69 Å². The molecule has 0 saturated carbocycles. The molecular weight excluding hydrogens is 315 g/mol. The first-order valence-corrected chi connectivity index (χ1v) is 6.80. The van der Waals surface area contributed by atoms with Gasteiger partial charge in [0.05, 0.1) is 9.95 Å². The highest BCUT2D eigenvalue weighted by atomic mass is 35.5. The van der Waals surface area contributed by atoms with Gasteiger partial charge in [-0.05, 0) is 18.2 Å². The zero-order valence-corrected chi connectivity index (χ0v) is 12.6. The van der Waals surface area contributed by atoms with Crippen LogP contribution in [-0.4, -0.2) is 12.0 Å². The van der Waals surface area contributed by atoms with Gasteiger partial charge >= 0.3 is 0 Å². The molecule has 0 unspecified atom stereocenters. The van der Waals surface area contributed by atoms with Crippen LogP contribution < -0.4 is 10.1 Å². The maximum absolute atomic E-state index is 11.0. The van der Waals surface area contributed by atoms with Crippen molar-refractivity contribution in [3.63, 3.8) is 0 Å². The average molecular weight is 327 g/mol. The van der Waals surface area contributed by atoms with Crippen LogP contribution in [0.2, 0.25) is 10.0 Å². The normalized spacial score (nSPS) is 10.2. The van der Waals surface area contributed by atoms with Crippen molar-refractivity contribution in [3.05, 3.63) is 62.1 Å². The molecule has 110 valence electrons. The number of hydrogen-bond donors (Lipinski definition) is 1. The van der Waals surface area contributed by atoms with E-state index in [1.165, 1.54) is 6.07 Å². The fourth-order valence-electron chi connectivity index (χ4n) is 1.90. The van der Waals surface area contributed by atoms with Crippen molar-refractivity contribution in [3.8, 4) is 5.75 Å². The number of rotatable bonds is 5. The lowest BCUT2D eigenvalue weighted by molar-refractivity contribution is -0.384. The topological polar surface area (TPSA) is 64.4 Å². The number of ether oxygens (including phenoxy) is 1. The van der Waals surface area contributed by atoms with E-state index in [-0.39, 0.29) is 12.3 Å². The van der Waals surface area contributed by atoms with Crippen molar-refractivity contribution < 1.29 is 9.66 Å². The Balaban J connectivity index is 2.24. The molecule has 2 rings (SSSR count). The van der Waals surface area contributed by atoms with E-state index in [1.807, 2.05) is 0 Å². The molecule has 0 aliphatic carbocycles. The maximum atomic E-state index is 11.0. The number of hydrogen-bond acceptors (Lipinski definition) is 4. The van der Waals surface area contributed by atoms with Crippen molar-refractivity contribution in [2.75, 3.05) is 12.4 Å². The summed E-state index contributed by atoms with van der Waals surface area (Å²) in [5.41, 5.74) is 1.09. The van der Waals surface area contributed by atoms with Gasteiger partial charge in [0, 0.05) is 23.7 Å². The van der Waals surface area contributed by atoms with E-state index < -0.39 is 4.92 Å². The predicted octanol–water partition coefficient (Wildman–Crippen LogP) is 4.52. The van der Waals surface area contributed by atoms with Crippen molar-refractivity contribution in [1.82, 2.24) is 0 Å². The molecule has 0 atom stereocenters. The minimum Gasteiger partial charge on any atom is -0.487 e. The summed E-state index contributed by atoms with van der Waals surface area (Å²) in [4.78, 5) is 10.5. The van der Waals surface area contributed by atoms with E-state index in [4.69, 9.17) is 27.9 Å². The zero-order chi connectivity index (χ0) is 15.4. The van der Waals surface area contributed by atoms with Gasteiger partial charge in [-0.15, -0.1) is 0 Å². The molecule has 0 amide bonds. The number of halogens is 2. The number of nitro groups is 1. The molecule has 0 aliphatic heterocycles. The Morgan fingerprint density at radius 3 is 2.67 bits per heavy atom. The summed E-state index contributed by atoms with van der Waals surface area (Å²) in [6.07, 6.45) is 0. The standard InChI is InChI=1S/C14H12Cl2N2O3/c1-17-14-9(3-2-4-12(14)18(19)20)8-21-13-6-5-10(15)7-11(13)16/h2-7,17H,8H2,1H3. The molecule has 2 aromatic carbocycles. The van der Waals surface area contributed by atoms with Crippen molar-refractivity contribution in [2.45, 2.75) is 6.61 Å². The second-order valence-electron chi connectivity index (χ2n) is 4.18. The quantitative estimate of drug-likeness (QED) is 0.648. The lowest BCUT2D eigenvalue weighted by Gasteiger charge is -2.12. The molecule has 0 saturated heterocycles. The first kappa shape index (κ1) is 15.4. The van der Waals surface area contributed by atoms with Crippen LogP contribution in [0.15, 0.2) is 36.4 Å². The van der Waals surface area contributed by atoms with Gasteiger partial charge in [0.1, 0.15) is 18.0 Å². The summed E-state index contributed by atoms with van der Waals surface area (Å²) >= 11 is 11.8. The first-order valence-electron chi connectivity index (χ1n) is 6.05. The van der Waals surface area contributed by atoms with Gasteiger partial charge in [-0.2, -0.15) is 0 Å². The molecule has 0 radical (unpaired) electrons. The Labute approximate surface area is 131 Å². The van der Waals surface area contributed by atoms with Crippen LogP contribution >= 0.6 is 23.2 Å².